The lowest BCUT2D eigenvalue weighted by Crippen LogP contribution is -2.30. The normalized spacial score (nSPS) is 12.5. The van der Waals surface area contributed by atoms with Gasteiger partial charge in [-0.05, 0) is 6.92 Å². The second kappa shape index (κ2) is 5.65. The number of nitrogens with zero attached hydrogens (tertiary/aromatic N) is 1. The average Bonchev–Trinajstić information content (AvgIpc) is 2.65. The van der Waals surface area contributed by atoms with Gasteiger partial charge in [0.05, 0.1) is 6.42 Å². The van der Waals surface area contributed by atoms with Crippen molar-refractivity contribution in [1.82, 2.24) is 4.90 Å². The van der Waals surface area contributed by atoms with Crippen LogP contribution in [-0.4, -0.2) is 39.0 Å². The van der Waals surface area contributed by atoms with Crippen molar-refractivity contribution in [2.75, 3.05) is 13.6 Å². The smallest absolute Gasteiger partial charge is 0.390 e. The summed E-state index contributed by atoms with van der Waals surface area (Å²) in [6.07, 6.45) is -5.56. The molecule has 1 heterocycles. The van der Waals surface area contributed by atoms with Crippen molar-refractivity contribution in [2.24, 2.45) is 0 Å². The average molecular weight is 334 g/mol. The predicted octanol–water partition coefficient (Wildman–Crippen LogP) is 2.54. The van der Waals surface area contributed by atoms with E-state index in [1.165, 1.54) is 6.92 Å². The summed E-state index contributed by atoms with van der Waals surface area (Å²) in [6, 6.07) is 0.893. The molecule has 0 saturated carbocycles. The van der Waals surface area contributed by atoms with Gasteiger partial charge in [-0.3, -0.25) is 4.79 Å². The third-order valence-electron chi connectivity index (χ3n) is 2.42. The lowest BCUT2D eigenvalue weighted by molar-refractivity contribution is -0.136. The highest BCUT2D eigenvalue weighted by molar-refractivity contribution is 8.13. The molecular weight excluding hydrogens is 323 g/mol. The van der Waals surface area contributed by atoms with Gasteiger partial charge in [0.2, 0.25) is 0 Å². The largest absolute Gasteiger partial charge is 0.455 e. The Morgan fingerprint density at radius 2 is 2.00 bits per heavy atom. The molecule has 0 aliphatic rings. The van der Waals surface area contributed by atoms with Crippen LogP contribution in [0.5, 0.6) is 0 Å². The number of alkyl halides is 3. The Kier molecular flexibility index (Phi) is 4.75. The fraction of sp³-hybridized carbons (Fsp3) is 0.500. The van der Waals surface area contributed by atoms with E-state index in [0.29, 0.717) is 0 Å². The van der Waals surface area contributed by atoms with Crippen molar-refractivity contribution < 1.29 is 30.8 Å². The van der Waals surface area contributed by atoms with Crippen LogP contribution in [0.15, 0.2) is 15.4 Å². The van der Waals surface area contributed by atoms with E-state index in [4.69, 9.17) is 15.1 Å². The van der Waals surface area contributed by atoms with Gasteiger partial charge in [0.25, 0.3) is 15.0 Å². The van der Waals surface area contributed by atoms with Crippen molar-refractivity contribution >= 4 is 25.6 Å². The molecule has 0 aromatic carbocycles. The van der Waals surface area contributed by atoms with E-state index in [1.54, 1.807) is 0 Å². The van der Waals surface area contributed by atoms with Gasteiger partial charge in [0.15, 0.2) is 5.76 Å². The molecule has 0 atom stereocenters. The monoisotopic (exact) mass is 333 g/mol. The number of halogens is 4. The van der Waals surface area contributed by atoms with Gasteiger partial charge < -0.3 is 9.32 Å². The van der Waals surface area contributed by atoms with E-state index in [0.717, 1.165) is 18.0 Å². The summed E-state index contributed by atoms with van der Waals surface area (Å²) in [6.45, 7) is 0.715. The summed E-state index contributed by atoms with van der Waals surface area (Å²) in [5.41, 5.74) is 0. The van der Waals surface area contributed by atoms with Crippen molar-refractivity contribution in [3.63, 3.8) is 0 Å². The molecule has 0 bridgehead atoms. The first-order valence-corrected chi connectivity index (χ1v) is 7.60. The molecule has 1 aromatic heterocycles. The Morgan fingerprint density at radius 3 is 2.40 bits per heavy atom. The van der Waals surface area contributed by atoms with Crippen LogP contribution in [0.4, 0.5) is 13.2 Å². The molecule has 0 aliphatic carbocycles. The second-order valence-electron chi connectivity index (χ2n) is 4.06. The standard InChI is InChI=1S/C10H11ClF3NO4S/c1-6-8(20(11,17)18)5-7(19-6)9(16)15(2)4-3-10(12,13)14/h5H,3-4H2,1-2H3. The number of hydrogen-bond acceptors (Lipinski definition) is 4. The summed E-state index contributed by atoms with van der Waals surface area (Å²) in [7, 11) is 2.19. The van der Waals surface area contributed by atoms with Crippen LogP contribution in [-0.2, 0) is 9.05 Å². The van der Waals surface area contributed by atoms with Crippen molar-refractivity contribution in [1.29, 1.82) is 0 Å². The van der Waals surface area contributed by atoms with Gasteiger partial charge in [0, 0.05) is 30.3 Å². The summed E-state index contributed by atoms with van der Waals surface area (Å²) in [5, 5.41) is 0. The lowest BCUT2D eigenvalue weighted by atomic mass is 10.3. The van der Waals surface area contributed by atoms with E-state index in [1.807, 2.05) is 0 Å². The first kappa shape index (κ1) is 16.8. The quantitative estimate of drug-likeness (QED) is 0.794. The number of carbonyl (C=O) groups excluding carboxylic acids is 1. The van der Waals surface area contributed by atoms with Crippen molar-refractivity contribution in [3.05, 3.63) is 17.6 Å². The van der Waals surface area contributed by atoms with E-state index < -0.39 is 34.1 Å². The number of carbonyl (C=O) groups is 1. The Labute approximate surface area is 117 Å². The zero-order chi connectivity index (χ0) is 15.7. The number of hydrogen-bond donors (Lipinski definition) is 0. The van der Waals surface area contributed by atoms with Crippen LogP contribution in [0.3, 0.4) is 0 Å². The van der Waals surface area contributed by atoms with Crippen LogP contribution in [0, 0.1) is 6.92 Å². The Hall–Kier alpha value is -1.22. The molecule has 1 amide bonds. The molecule has 114 valence electrons. The molecule has 0 saturated heterocycles. The minimum Gasteiger partial charge on any atom is -0.455 e. The van der Waals surface area contributed by atoms with E-state index in [2.05, 4.69) is 0 Å². The molecule has 20 heavy (non-hydrogen) atoms. The van der Waals surface area contributed by atoms with Crippen LogP contribution < -0.4 is 0 Å². The maximum absolute atomic E-state index is 12.0. The molecule has 0 aliphatic heterocycles. The molecule has 1 aromatic rings. The topological polar surface area (TPSA) is 67.6 Å². The minimum absolute atomic E-state index is 0.104. The summed E-state index contributed by atoms with van der Waals surface area (Å²) in [5.74, 6) is -1.34. The first-order chi connectivity index (χ1) is 8.92. The van der Waals surface area contributed by atoms with Crippen LogP contribution in [0.1, 0.15) is 22.7 Å². The molecule has 0 spiro atoms. The van der Waals surface area contributed by atoms with Crippen LogP contribution >= 0.6 is 10.7 Å². The number of furan rings is 1. The minimum atomic E-state index is -4.39. The maximum atomic E-state index is 12.0. The molecule has 0 N–H and O–H groups in total. The Bertz CT molecular complexity index is 609. The molecule has 0 radical (unpaired) electrons. The fourth-order valence-corrected chi connectivity index (χ4v) is 2.49. The van der Waals surface area contributed by atoms with Gasteiger partial charge in [0.1, 0.15) is 10.7 Å². The van der Waals surface area contributed by atoms with Crippen LogP contribution in [0.25, 0.3) is 0 Å². The Balaban J connectivity index is 2.88. The highest BCUT2D eigenvalue weighted by Gasteiger charge is 2.29. The lowest BCUT2D eigenvalue weighted by Gasteiger charge is -2.16. The Morgan fingerprint density at radius 1 is 1.45 bits per heavy atom. The maximum Gasteiger partial charge on any atom is 0.390 e. The van der Waals surface area contributed by atoms with Crippen molar-refractivity contribution in [2.45, 2.75) is 24.4 Å². The summed E-state index contributed by atoms with van der Waals surface area (Å²) >= 11 is 0. The summed E-state index contributed by atoms with van der Waals surface area (Å²) in [4.78, 5) is 12.2. The fourth-order valence-electron chi connectivity index (χ4n) is 1.40. The molecular formula is C10H11ClF3NO4S. The second-order valence-corrected chi connectivity index (χ2v) is 6.60. The number of amides is 1. The molecule has 0 fully saturated rings. The molecule has 1 rings (SSSR count). The van der Waals surface area contributed by atoms with Gasteiger partial charge in [-0.1, -0.05) is 0 Å². The first-order valence-electron chi connectivity index (χ1n) is 5.29. The highest BCUT2D eigenvalue weighted by Crippen LogP contribution is 2.25. The zero-order valence-corrected chi connectivity index (χ0v) is 12.1. The number of rotatable bonds is 4. The van der Waals surface area contributed by atoms with E-state index in [9.17, 15) is 26.4 Å². The van der Waals surface area contributed by atoms with Gasteiger partial charge in [-0.2, -0.15) is 13.2 Å². The molecule has 10 heteroatoms. The number of aryl methyl sites for hydroxylation is 1. The zero-order valence-electron chi connectivity index (χ0n) is 10.5. The summed E-state index contributed by atoms with van der Waals surface area (Å²) < 4.78 is 63.4. The van der Waals surface area contributed by atoms with E-state index in [-0.39, 0.29) is 16.4 Å². The molecule has 0 unspecified atom stereocenters. The predicted molar refractivity (Wildman–Crippen MR) is 64.1 cm³/mol. The van der Waals surface area contributed by atoms with Gasteiger partial charge >= 0.3 is 6.18 Å². The SMILES string of the molecule is Cc1oc(C(=O)N(C)CCC(F)(F)F)cc1S(=O)(=O)Cl. The van der Waals surface area contributed by atoms with Gasteiger partial charge in [-0.15, -0.1) is 0 Å². The van der Waals surface area contributed by atoms with Gasteiger partial charge in [-0.25, -0.2) is 8.42 Å². The third kappa shape index (κ3) is 4.41. The van der Waals surface area contributed by atoms with Crippen molar-refractivity contribution in [3.8, 4) is 0 Å². The van der Waals surface area contributed by atoms with E-state index >= 15 is 0 Å². The third-order valence-corrected chi connectivity index (χ3v) is 3.85. The van der Waals surface area contributed by atoms with Crippen LogP contribution in [0.2, 0.25) is 0 Å². The highest BCUT2D eigenvalue weighted by atomic mass is 35.7. The molecule has 5 nitrogen and oxygen atoms in total.